The zero-order valence-corrected chi connectivity index (χ0v) is 16.5. The summed E-state index contributed by atoms with van der Waals surface area (Å²) >= 11 is 1.56. The molecule has 2 N–H and O–H groups in total. The molecule has 2 amide bonds. The average Bonchev–Trinajstić information content (AvgIpc) is 3.07. The highest BCUT2D eigenvalue weighted by molar-refractivity contribution is 7.14. The van der Waals surface area contributed by atoms with Crippen molar-refractivity contribution in [3.8, 4) is 5.75 Å². The quantitative estimate of drug-likeness (QED) is 0.768. The number of thiophene rings is 1. The van der Waals surface area contributed by atoms with Crippen molar-refractivity contribution in [2.75, 3.05) is 7.11 Å². The lowest BCUT2D eigenvalue weighted by Gasteiger charge is -2.07. The number of carbonyl (C=O) groups excluding carboxylic acids is 2. The Balaban J connectivity index is 1.46. The van der Waals surface area contributed by atoms with Crippen LogP contribution in [-0.2, 0) is 24.1 Å². The second-order valence-corrected chi connectivity index (χ2v) is 7.96. The third-order valence-electron chi connectivity index (χ3n) is 4.84. The Morgan fingerprint density at radius 3 is 2.52 bits per heavy atom. The average molecular weight is 387 g/mol. The van der Waals surface area contributed by atoms with E-state index in [9.17, 15) is 9.59 Å². The first-order chi connectivity index (χ1) is 13.2. The number of amides is 2. The predicted octanol–water partition coefficient (Wildman–Crippen LogP) is 3.81. The van der Waals surface area contributed by atoms with Crippen LogP contribution in [0.2, 0.25) is 0 Å². The van der Waals surface area contributed by atoms with Crippen LogP contribution in [0.3, 0.4) is 0 Å². The van der Waals surface area contributed by atoms with E-state index in [1.165, 1.54) is 36.1 Å². The molecule has 1 aromatic carbocycles. The number of fused-ring (bicyclic) bond motifs is 1. The summed E-state index contributed by atoms with van der Waals surface area (Å²) in [7, 11) is 1.62. The van der Waals surface area contributed by atoms with Gasteiger partial charge in [0.15, 0.2) is 0 Å². The molecule has 0 fully saturated rings. The Morgan fingerprint density at radius 2 is 1.78 bits per heavy atom. The second-order valence-electron chi connectivity index (χ2n) is 6.82. The van der Waals surface area contributed by atoms with Gasteiger partial charge in [0.1, 0.15) is 5.75 Å². The number of rotatable bonds is 5. The molecular formula is C21H26N2O3S. The van der Waals surface area contributed by atoms with Gasteiger partial charge in [-0.2, -0.15) is 0 Å². The van der Waals surface area contributed by atoms with E-state index in [2.05, 4.69) is 10.9 Å². The monoisotopic (exact) mass is 386 g/mol. The minimum absolute atomic E-state index is 0.200. The number of aryl methyl sites for hydroxylation is 3. The van der Waals surface area contributed by atoms with Gasteiger partial charge in [-0.15, -0.1) is 11.3 Å². The lowest BCUT2D eigenvalue weighted by Crippen LogP contribution is -2.41. The summed E-state index contributed by atoms with van der Waals surface area (Å²) in [4.78, 5) is 26.4. The summed E-state index contributed by atoms with van der Waals surface area (Å²) in [5.74, 6) is 0.360. The highest BCUT2D eigenvalue weighted by Gasteiger charge is 2.16. The summed E-state index contributed by atoms with van der Waals surface area (Å²) < 4.78 is 5.12. The van der Waals surface area contributed by atoms with Crippen LogP contribution in [0.15, 0.2) is 30.3 Å². The number of hydrazine groups is 1. The van der Waals surface area contributed by atoms with Crippen molar-refractivity contribution < 1.29 is 14.3 Å². The summed E-state index contributed by atoms with van der Waals surface area (Å²) in [5.41, 5.74) is 7.42. The van der Waals surface area contributed by atoms with Gasteiger partial charge in [-0.1, -0.05) is 25.0 Å². The van der Waals surface area contributed by atoms with E-state index in [0.29, 0.717) is 17.7 Å². The summed E-state index contributed by atoms with van der Waals surface area (Å²) in [6, 6.07) is 9.61. The zero-order chi connectivity index (χ0) is 19.1. The fourth-order valence-electron chi connectivity index (χ4n) is 3.26. The van der Waals surface area contributed by atoms with Crippen molar-refractivity contribution >= 4 is 23.2 Å². The molecule has 0 unspecified atom stereocenters. The van der Waals surface area contributed by atoms with Gasteiger partial charge in [-0.3, -0.25) is 20.4 Å². The Bertz CT molecular complexity index is 758. The number of ether oxygens (including phenoxy) is 1. The number of hydrogen-bond acceptors (Lipinski definition) is 4. The van der Waals surface area contributed by atoms with Crippen molar-refractivity contribution in [2.24, 2.45) is 0 Å². The lowest BCUT2D eigenvalue weighted by atomic mass is 10.00. The van der Waals surface area contributed by atoms with Gasteiger partial charge in [0.05, 0.1) is 12.0 Å². The van der Waals surface area contributed by atoms with Crippen LogP contribution in [0.4, 0.5) is 0 Å². The first-order valence-corrected chi connectivity index (χ1v) is 10.3. The molecular weight excluding hydrogens is 360 g/mol. The fourth-order valence-corrected chi connectivity index (χ4v) is 4.41. The van der Waals surface area contributed by atoms with E-state index in [4.69, 9.17) is 4.74 Å². The smallest absolute Gasteiger partial charge is 0.279 e. The Morgan fingerprint density at radius 1 is 1.04 bits per heavy atom. The van der Waals surface area contributed by atoms with Crippen LogP contribution in [0, 0.1) is 0 Å². The Hall–Kier alpha value is -2.34. The van der Waals surface area contributed by atoms with Gasteiger partial charge in [0, 0.05) is 11.3 Å². The number of benzene rings is 1. The van der Waals surface area contributed by atoms with E-state index < -0.39 is 0 Å². The maximum absolute atomic E-state index is 12.4. The molecule has 0 bridgehead atoms. The molecule has 0 spiro atoms. The molecule has 144 valence electrons. The van der Waals surface area contributed by atoms with Crippen molar-refractivity contribution in [2.45, 2.75) is 51.4 Å². The molecule has 6 heteroatoms. The largest absolute Gasteiger partial charge is 0.497 e. The minimum Gasteiger partial charge on any atom is -0.497 e. The molecule has 0 atom stereocenters. The fraction of sp³-hybridized carbons (Fsp3) is 0.429. The molecule has 3 rings (SSSR count). The molecule has 0 radical (unpaired) electrons. The zero-order valence-electron chi connectivity index (χ0n) is 15.7. The number of methoxy groups -OCH3 is 1. The number of hydrogen-bond donors (Lipinski definition) is 2. The number of carbonyl (C=O) groups is 2. The molecule has 1 heterocycles. The third kappa shape index (κ3) is 5.57. The molecule has 0 aliphatic heterocycles. The number of nitrogens with one attached hydrogen (secondary N) is 2. The predicted molar refractivity (Wildman–Crippen MR) is 107 cm³/mol. The van der Waals surface area contributed by atoms with Gasteiger partial charge in [0.25, 0.3) is 5.91 Å². The molecule has 5 nitrogen and oxygen atoms in total. The highest BCUT2D eigenvalue weighted by Crippen LogP contribution is 2.28. The topological polar surface area (TPSA) is 67.4 Å². The normalized spacial score (nSPS) is 13.8. The van der Waals surface area contributed by atoms with E-state index in [-0.39, 0.29) is 11.8 Å². The Labute approximate surface area is 164 Å². The summed E-state index contributed by atoms with van der Waals surface area (Å²) in [6.07, 6.45) is 7.94. The van der Waals surface area contributed by atoms with E-state index in [1.54, 1.807) is 18.4 Å². The van der Waals surface area contributed by atoms with Gasteiger partial charge in [-0.05, 0) is 61.4 Å². The molecule has 2 aromatic rings. The van der Waals surface area contributed by atoms with Crippen LogP contribution in [0.5, 0.6) is 5.75 Å². The van der Waals surface area contributed by atoms with Crippen molar-refractivity contribution in [1.29, 1.82) is 0 Å². The van der Waals surface area contributed by atoms with Crippen LogP contribution < -0.4 is 15.6 Å². The van der Waals surface area contributed by atoms with Crippen molar-refractivity contribution in [3.05, 3.63) is 51.2 Å². The van der Waals surface area contributed by atoms with Gasteiger partial charge in [-0.25, -0.2) is 0 Å². The summed E-state index contributed by atoms with van der Waals surface area (Å²) in [5, 5.41) is 0. The van der Waals surface area contributed by atoms with Crippen LogP contribution >= 0.6 is 11.3 Å². The molecule has 27 heavy (non-hydrogen) atoms. The van der Waals surface area contributed by atoms with Gasteiger partial charge in [0.2, 0.25) is 5.91 Å². The molecule has 1 aromatic heterocycles. The first kappa shape index (κ1) is 19.4. The minimum atomic E-state index is -0.232. The van der Waals surface area contributed by atoms with Crippen molar-refractivity contribution in [1.82, 2.24) is 10.9 Å². The van der Waals surface area contributed by atoms with Gasteiger partial charge >= 0.3 is 0 Å². The maximum atomic E-state index is 12.4. The van der Waals surface area contributed by atoms with Crippen LogP contribution in [0.25, 0.3) is 0 Å². The molecule has 1 aliphatic carbocycles. The van der Waals surface area contributed by atoms with Crippen molar-refractivity contribution in [3.63, 3.8) is 0 Å². The standard InChI is InChI=1S/C21H26N2O3S/c1-26-17-11-8-15(9-12-17)10-13-20(24)22-23-21(25)19-14-16-6-4-2-3-5-7-18(16)27-19/h8-9,11-12,14H,2-7,10,13H2,1H3,(H,22,24)(H,23,25). The van der Waals surface area contributed by atoms with E-state index in [0.717, 1.165) is 24.2 Å². The van der Waals surface area contributed by atoms with Gasteiger partial charge < -0.3 is 4.74 Å². The third-order valence-corrected chi connectivity index (χ3v) is 6.07. The van der Waals surface area contributed by atoms with E-state index in [1.807, 2.05) is 30.3 Å². The van der Waals surface area contributed by atoms with Crippen LogP contribution in [0.1, 0.15) is 57.8 Å². The SMILES string of the molecule is COc1ccc(CCC(=O)NNC(=O)c2cc3c(s2)CCCCCC3)cc1. The maximum Gasteiger partial charge on any atom is 0.279 e. The molecule has 0 saturated heterocycles. The Kier molecular flexibility index (Phi) is 6.87. The molecule has 1 aliphatic rings. The lowest BCUT2D eigenvalue weighted by molar-refractivity contribution is -0.121. The summed E-state index contributed by atoms with van der Waals surface area (Å²) in [6.45, 7) is 0. The highest BCUT2D eigenvalue weighted by atomic mass is 32.1. The van der Waals surface area contributed by atoms with E-state index >= 15 is 0 Å². The second kappa shape index (κ2) is 9.55. The first-order valence-electron chi connectivity index (χ1n) is 9.49. The molecule has 0 saturated carbocycles. The van der Waals surface area contributed by atoms with Crippen LogP contribution in [-0.4, -0.2) is 18.9 Å².